The Morgan fingerprint density at radius 3 is 2.58 bits per heavy atom. The molecule has 110 valence electrons. The molecule has 1 N–H and O–H groups in total. The molecule has 3 atom stereocenters. The molecule has 0 aromatic carbocycles. The molecule has 0 aromatic heterocycles. The van der Waals surface area contributed by atoms with Crippen molar-refractivity contribution >= 4 is 0 Å². The number of ether oxygens (including phenoxy) is 2. The Morgan fingerprint density at radius 1 is 1.26 bits per heavy atom. The Balaban J connectivity index is 1.84. The van der Waals surface area contributed by atoms with Gasteiger partial charge in [0.25, 0.3) is 0 Å². The third kappa shape index (κ3) is 4.41. The van der Waals surface area contributed by atoms with Crippen molar-refractivity contribution in [3.63, 3.8) is 0 Å². The first-order valence-electron chi connectivity index (χ1n) is 7.65. The zero-order valence-corrected chi connectivity index (χ0v) is 12.5. The summed E-state index contributed by atoms with van der Waals surface area (Å²) in [6.45, 7) is 6.80. The molecule has 0 aromatic rings. The predicted octanol–water partition coefficient (Wildman–Crippen LogP) is 3.82. The van der Waals surface area contributed by atoms with E-state index in [0.717, 1.165) is 25.7 Å². The summed E-state index contributed by atoms with van der Waals surface area (Å²) in [6, 6.07) is 0. The molecule has 3 unspecified atom stereocenters. The van der Waals surface area contributed by atoms with Crippen LogP contribution in [0.3, 0.4) is 0 Å². The van der Waals surface area contributed by atoms with Crippen LogP contribution in [0.2, 0.25) is 0 Å². The van der Waals surface area contributed by atoms with Gasteiger partial charge in [-0.25, -0.2) is 0 Å². The molecular formula is C16H28O3. The molecule has 1 aliphatic carbocycles. The highest BCUT2D eigenvalue weighted by molar-refractivity contribution is 4.90. The van der Waals surface area contributed by atoms with Crippen molar-refractivity contribution < 1.29 is 14.6 Å². The number of hydrogen-bond donors (Lipinski definition) is 1. The summed E-state index contributed by atoms with van der Waals surface area (Å²) >= 11 is 0. The summed E-state index contributed by atoms with van der Waals surface area (Å²) in [5.74, 6) is 1.99. The Morgan fingerprint density at radius 2 is 1.95 bits per heavy atom. The Kier molecular flexibility index (Phi) is 4.77. The standard InChI is InChI=1S/C16H28O3/c1-12(2)8-14-9-13(3)10-16(17,11-14)5-4-15-18-6-7-19-15/h6-7,12-15,17H,4-5,8-11H2,1-3H3. The van der Waals surface area contributed by atoms with Gasteiger partial charge in [0.2, 0.25) is 6.29 Å². The first-order valence-corrected chi connectivity index (χ1v) is 7.65. The quantitative estimate of drug-likeness (QED) is 0.823. The fraction of sp³-hybridized carbons (Fsp3) is 0.875. The van der Waals surface area contributed by atoms with Crippen molar-refractivity contribution in [1.82, 2.24) is 0 Å². The van der Waals surface area contributed by atoms with E-state index in [4.69, 9.17) is 9.47 Å². The predicted molar refractivity (Wildman–Crippen MR) is 75.2 cm³/mol. The van der Waals surface area contributed by atoms with Crippen molar-refractivity contribution in [2.24, 2.45) is 17.8 Å². The third-order valence-corrected chi connectivity index (χ3v) is 4.30. The lowest BCUT2D eigenvalue weighted by molar-refractivity contribution is -0.0795. The highest BCUT2D eigenvalue weighted by Crippen LogP contribution is 2.41. The van der Waals surface area contributed by atoms with Crippen LogP contribution >= 0.6 is 0 Å². The van der Waals surface area contributed by atoms with Gasteiger partial charge in [-0.3, -0.25) is 0 Å². The fourth-order valence-corrected chi connectivity index (χ4v) is 3.85. The van der Waals surface area contributed by atoms with E-state index in [1.165, 1.54) is 12.8 Å². The maximum atomic E-state index is 10.9. The molecule has 0 radical (unpaired) electrons. The van der Waals surface area contributed by atoms with Crippen LogP contribution in [0.25, 0.3) is 0 Å². The van der Waals surface area contributed by atoms with Crippen molar-refractivity contribution in [3.05, 3.63) is 12.5 Å². The van der Waals surface area contributed by atoms with Gasteiger partial charge in [0, 0.05) is 6.42 Å². The first-order chi connectivity index (χ1) is 8.97. The molecule has 3 heteroatoms. The zero-order valence-electron chi connectivity index (χ0n) is 12.5. The SMILES string of the molecule is CC(C)CC1CC(C)CC(O)(CCC2OC=CO2)C1. The van der Waals surface area contributed by atoms with Crippen molar-refractivity contribution in [1.29, 1.82) is 0 Å². The number of hydrogen-bond acceptors (Lipinski definition) is 3. The lowest BCUT2D eigenvalue weighted by Crippen LogP contribution is -2.39. The van der Waals surface area contributed by atoms with E-state index in [-0.39, 0.29) is 6.29 Å². The molecule has 2 aliphatic rings. The van der Waals surface area contributed by atoms with E-state index < -0.39 is 5.60 Å². The van der Waals surface area contributed by atoms with E-state index in [0.29, 0.717) is 17.8 Å². The van der Waals surface area contributed by atoms with E-state index >= 15 is 0 Å². The monoisotopic (exact) mass is 268 g/mol. The van der Waals surface area contributed by atoms with Gasteiger partial charge < -0.3 is 14.6 Å². The van der Waals surface area contributed by atoms with E-state index in [1.807, 2.05) is 0 Å². The molecule has 19 heavy (non-hydrogen) atoms. The molecule has 0 saturated heterocycles. The largest absolute Gasteiger partial charge is 0.459 e. The topological polar surface area (TPSA) is 38.7 Å². The van der Waals surface area contributed by atoms with Crippen LogP contribution in [-0.2, 0) is 9.47 Å². The third-order valence-electron chi connectivity index (χ3n) is 4.30. The van der Waals surface area contributed by atoms with E-state index in [1.54, 1.807) is 12.5 Å². The minimum absolute atomic E-state index is 0.190. The highest BCUT2D eigenvalue weighted by atomic mass is 16.7. The molecule has 2 rings (SSSR count). The summed E-state index contributed by atoms with van der Waals surface area (Å²) in [5, 5.41) is 10.9. The minimum atomic E-state index is -0.521. The van der Waals surface area contributed by atoms with Crippen LogP contribution in [0.4, 0.5) is 0 Å². The van der Waals surface area contributed by atoms with E-state index in [2.05, 4.69) is 20.8 Å². The van der Waals surface area contributed by atoms with Crippen molar-refractivity contribution in [3.8, 4) is 0 Å². The maximum Gasteiger partial charge on any atom is 0.239 e. The first kappa shape index (κ1) is 14.7. The summed E-state index contributed by atoms with van der Waals surface area (Å²) in [6.07, 6.45) is 8.87. The van der Waals surface area contributed by atoms with Gasteiger partial charge in [-0.15, -0.1) is 0 Å². The van der Waals surface area contributed by atoms with Crippen LogP contribution in [0.1, 0.15) is 59.3 Å². The average molecular weight is 268 g/mol. The summed E-state index contributed by atoms with van der Waals surface area (Å²) in [7, 11) is 0. The van der Waals surface area contributed by atoms with Crippen molar-refractivity contribution in [2.75, 3.05) is 0 Å². The van der Waals surface area contributed by atoms with Gasteiger partial charge in [0.1, 0.15) is 12.5 Å². The molecule has 0 bridgehead atoms. The summed E-state index contributed by atoms with van der Waals surface area (Å²) in [4.78, 5) is 0. The Labute approximate surface area is 117 Å². The molecule has 3 nitrogen and oxygen atoms in total. The lowest BCUT2D eigenvalue weighted by Gasteiger charge is -2.41. The van der Waals surface area contributed by atoms with E-state index in [9.17, 15) is 5.11 Å². The van der Waals surface area contributed by atoms with Gasteiger partial charge in [0.15, 0.2) is 0 Å². The molecule has 1 heterocycles. The van der Waals surface area contributed by atoms with Crippen LogP contribution in [0.15, 0.2) is 12.5 Å². The fourth-order valence-electron chi connectivity index (χ4n) is 3.85. The zero-order chi connectivity index (χ0) is 13.9. The average Bonchev–Trinajstić information content (AvgIpc) is 2.76. The second-order valence-electron chi connectivity index (χ2n) is 6.98. The molecule has 0 spiro atoms. The van der Waals surface area contributed by atoms with Gasteiger partial charge in [-0.1, -0.05) is 20.8 Å². The molecule has 1 aliphatic heterocycles. The normalized spacial score (nSPS) is 35.4. The number of rotatable bonds is 5. The van der Waals surface area contributed by atoms with Crippen LogP contribution in [0.5, 0.6) is 0 Å². The van der Waals surface area contributed by atoms with Crippen LogP contribution < -0.4 is 0 Å². The van der Waals surface area contributed by atoms with Gasteiger partial charge in [-0.2, -0.15) is 0 Å². The van der Waals surface area contributed by atoms with Gasteiger partial charge >= 0.3 is 0 Å². The second kappa shape index (κ2) is 6.17. The molecule has 0 amide bonds. The molecule has 1 fully saturated rings. The summed E-state index contributed by atoms with van der Waals surface area (Å²) < 4.78 is 10.6. The molecule has 1 saturated carbocycles. The Bertz CT molecular complexity index is 303. The Hall–Kier alpha value is -0.700. The summed E-state index contributed by atoms with van der Waals surface area (Å²) in [5.41, 5.74) is -0.521. The highest BCUT2D eigenvalue weighted by Gasteiger charge is 2.38. The maximum absolute atomic E-state index is 10.9. The lowest BCUT2D eigenvalue weighted by atomic mass is 9.69. The second-order valence-corrected chi connectivity index (χ2v) is 6.98. The van der Waals surface area contributed by atoms with Gasteiger partial charge in [0.05, 0.1) is 5.60 Å². The van der Waals surface area contributed by atoms with Crippen LogP contribution in [0, 0.1) is 17.8 Å². The molecular weight excluding hydrogens is 240 g/mol. The number of aliphatic hydroxyl groups is 1. The van der Waals surface area contributed by atoms with Crippen LogP contribution in [-0.4, -0.2) is 17.0 Å². The minimum Gasteiger partial charge on any atom is -0.459 e. The smallest absolute Gasteiger partial charge is 0.239 e. The van der Waals surface area contributed by atoms with Gasteiger partial charge in [-0.05, 0) is 49.9 Å². The van der Waals surface area contributed by atoms with Crippen molar-refractivity contribution in [2.45, 2.75) is 71.2 Å².